The van der Waals surface area contributed by atoms with Crippen LogP contribution in [0.2, 0.25) is 0 Å². The fraction of sp³-hybridized carbons (Fsp3) is 0.160. The van der Waals surface area contributed by atoms with Crippen LogP contribution in [0.3, 0.4) is 0 Å². The fourth-order valence-corrected chi connectivity index (χ4v) is 4.90. The fourth-order valence-electron chi connectivity index (χ4n) is 3.82. The number of anilines is 1. The summed E-state index contributed by atoms with van der Waals surface area (Å²) >= 11 is 1.34. The van der Waals surface area contributed by atoms with Crippen LogP contribution in [0.1, 0.15) is 22.7 Å². The van der Waals surface area contributed by atoms with E-state index in [4.69, 9.17) is 0 Å². The molecule has 2 heterocycles. The van der Waals surface area contributed by atoms with Gasteiger partial charge in [-0.1, -0.05) is 66.4 Å². The number of carbonyl (C=O) groups is 1. The predicted molar refractivity (Wildman–Crippen MR) is 128 cm³/mol. The second-order valence-electron chi connectivity index (χ2n) is 8.01. The number of hydrogen-bond acceptors (Lipinski definition) is 5. The summed E-state index contributed by atoms with van der Waals surface area (Å²) in [5.41, 5.74) is 7.93. The van der Waals surface area contributed by atoms with E-state index in [1.54, 1.807) is 16.8 Å². The highest BCUT2D eigenvalue weighted by molar-refractivity contribution is 8.00. The summed E-state index contributed by atoms with van der Waals surface area (Å²) in [6.45, 7) is 3.95. The lowest BCUT2D eigenvalue weighted by Crippen LogP contribution is -2.41. The highest BCUT2D eigenvalue weighted by Gasteiger charge is 2.38. The number of aromatic nitrogens is 3. The zero-order chi connectivity index (χ0) is 22.9. The number of fused-ring (bicyclic) bond motifs is 1. The van der Waals surface area contributed by atoms with Crippen LogP contribution in [0, 0.1) is 19.7 Å². The molecule has 0 unspecified atom stereocenters. The minimum Gasteiger partial charge on any atom is -0.325 e. The van der Waals surface area contributed by atoms with Crippen molar-refractivity contribution in [3.05, 3.63) is 95.3 Å². The summed E-state index contributed by atoms with van der Waals surface area (Å²) in [6.07, 6.45) is 0. The normalized spacial score (nSPS) is 17.2. The van der Waals surface area contributed by atoms with Gasteiger partial charge in [0.15, 0.2) is 5.82 Å². The number of rotatable bonds is 4. The Kier molecular flexibility index (Phi) is 5.60. The topological polar surface area (TPSA) is 71.8 Å². The van der Waals surface area contributed by atoms with E-state index < -0.39 is 11.3 Å². The third-order valence-electron chi connectivity index (χ3n) is 5.61. The van der Waals surface area contributed by atoms with Crippen molar-refractivity contribution in [1.29, 1.82) is 0 Å². The maximum absolute atomic E-state index is 13.6. The third-order valence-corrected chi connectivity index (χ3v) is 6.82. The van der Waals surface area contributed by atoms with E-state index in [0.29, 0.717) is 11.0 Å². The standard InChI is InChI=1S/C25H22FN5OS/c1-15-8-9-16(2)20(14-15)27-24(32)22-21(17-10-12-19(26)13-11-17)30-31-23(28-29-25(31)33-22)18-6-4-3-5-7-18/h3-14,21-22,30H,1-2H3,(H,27,32)/t21-,22-/m0/s1. The van der Waals surface area contributed by atoms with Crippen LogP contribution < -0.4 is 10.7 Å². The molecule has 4 aromatic rings. The highest BCUT2D eigenvalue weighted by atomic mass is 32.2. The van der Waals surface area contributed by atoms with E-state index in [2.05, 4.69) is 20.9 Å². The van der Waals surface area contributed by atoms with Gasteiger partial charge in [-0.3, -0.25) is 4.79 Å². The van der Waals surface area contributed by atoms with Gasteiger partial charge in [0.05, 0.1) is 6.04 Å². The van der Waals surface area contributed by atoms with Gasteiger partial charge in [-0.25, -0.2) is 9.07 Å². The molecule has 0 fully saturated rings. The number of nitrogens with zero attached hydrogens (tertiary/aromatic N) is 3. The van der Waals surface area contributed by atoms with Crippen molar-refractivity contribution in [1.82, 2.24) is 14.9 Å². The lowest BCUT2D eigenvalue weighted by Gasteiger charge is -2.33. The number of thioether (sulfide) groups is 1. The Morgan fingerprint density at radius 1 is 1.03 bits per heavy atom. The molecule has 2 N–H and O–H groups in total. The average Bonchev–Trinajstić information content (AvgIpc) is 3.25. The number of aryl methyl sites for hydroxylation is 2. The van der Waals surface area contributed by atoms with Gasteiger partial charge in [-0.2, -0.15) is 0 Å². The van der Waals surface area contributed by atoms with Gasteiger partial charge < -0.3 is 10.7 Å². The first kappa shape index (κ1) is 21.2. The second kappa shape index (κ2) is 8.71. The molecule has 2 atom stereocenters. The van der Waals surface area contributed by atoms with E-state index in [-0.39, 0.29) is 11.7 Å². The molecule has 0 spiro atoms. The number of hydrogen-bond donors (Lipinski definition) is 2. The summed E-state index contributed by atoms with van der Waals surface area (Å²) < 4.78 is 15.4. The van der Waals surface area contributed by atoms with Crippen LogP contribution in [0.25, 0.3) is 11.4 Å². The Hall–Kier alpha value is -3.65. The molecular formula is C25H22FN5OS. The van der Waals surface area contributed by atoms with Crippen LogP contribution in [0.5, 0.6) is 0 Å². The minimum absolute atomic E-state index is 0.161. The first-order valence-electron chi connectivity index (χ1n) is 10.6. The molecule has 1 aromatic heterocycles. The van der Waals surface area contributed by atoms with Crippen molar-refractivity contribution in [3.63, 3.8) is 0 Å². The van der Waals surface area contributed by atoms with Crippen molar-refractivity contribution in [2.24, 2.45) is 0 Å². The quantitative estimate of drug-likeness (QED) is 0.444. The number of halogens is 1. The molecule has 6 nitrogen and oxygen atoms in total. The van der Waals surface area contributed by atoms with Gasteiger partial charge in [0.2, 0.25) is 11.1 Å². The SMILES string of the molecule is Cc1ccc(C)c(NC(=O)[C@H]2Sc3nnc(-c4ccccc4)n3N[C@H]2c2ccc(F)cc2)c1. The van der Waals surface area contributed by atoms with Crippen LogP contribution in [-0.4, -0.2) is 26.0 Å². The Labute approximate surface area is 195 Å². The first-order valence-corrected chi connectivity index (χ1v) is 11.5. The summed E-state index contributed by atoms with van der Waals surface area (Å²) in [6, 6.07) is 21.4. The van der Waals surface area contributed by atoms with E-state index in [9.17, 15) is 9.18 Å². The number of benzene rings is 3. The van der Waals surface area contributed by atoms with Crippen LogP contribution >= 0.6 is 11.8 Å². The van der Waals surface area contributed by atoms with Crippen LogP contribution in [0.4, 0.5) is 10.1 Å². The van der Waals surface area contributed by atoms with Gasteiger partial charge >= 0.3 is 0 Å². The number of amides is 1. The van der Waals surface area contributed by atoms with Crippen LogP contribution in [0.15, 0.2) is 78.0 Å². The maximum Gasteiger partial charge on any atom is 0.240 e. The molecule has 3 aromatic carbocycles. The summed E-state index contributed by atoms with van der Waals surface area (Å²) in [5.74, 6) is 0.165. The second-order valence-corrected chi connectivity index (χ2v) is 9.12. The van der Waals surface area contributed by atoms with Crippen LogP contribution in [-0.2, 0) is 4.79 Å². The Morgan fingerprint density at radius 3 is 2.55 bits per heavy atom. The van der Waals surface area contributed by atoms with E-state index in [0.717, 1.165) is 27.9 Å². The van der Waals surface area contributed by atoms with Gasteiger partial charge in [-0.15, -0.1) is 10.2 Å². The van der Waals surface area contributed by atoms with Gasteiger partial charge in [0.1, 0.15) is 11.1 Å². The van der Waals surface area contributed by atoms with Crippen molar-refractivity contribution >= 4 is 23.4 Å². The Morgan fingerprint density at radius 2 is 1.79 bits per heavy atom. The molecular weight excluding hydrogens is 437 g/mol. The molecule has 0 aliphatic carbocycles. The molecule has 0 bridgehead atoms. The molecule has 166 valence electrons. The summed E-state index contributed by atoms with van der Waals surface area (Å²) in [7, 11) is 0. The molecule has 0 radical (unpaired) electrons. The summed E-state index contributed by atoms with van der Waals surface area (Å²) in [5, 5.41) is 11.8. The van der Waals surface area contributed by atoms with Crippen molar-refractivity contribution in [2.45, 2.75) is 30.3 Å². The Bertz CT molecular complexity index is 1310. The zero-order valence-electron chi connectivity index (χ0n) is 18.1. The highest BCUT2D eigenvalue weighted by Crippen LogP contribution is 2.39. The number of carbonyl (C=O) groups excluding carboxylic acids is 1. The van der Waals surface area contributed by atoms with Gasteiger partial charge in [0.25, 0.3) is 0 Å². The van der Waals surface area contributed by atoms with E-state index >= 15 is 0 Å². The zero-order valence-corrected chi connectivity index (χ0v) is 18.9. The minimum atomic E-state index is -0.546. The monoisotopic (exact) mass is 459 g/mol. The largest absolute Gasteiger partial charge is 0.325 e. The van der Waals surface area contributed by atoms with Crippen molar-refractivity contribution < 1.29 is 9.18 Å². The van der Waals surface area contributed by atoms with Crippen molar-refractivity contribution in [2.75, 3.05) is 10.7 Å². The lowest BCUT2D eigenvalue weighted by atomic mass is 10.0. The molecule has 0 saturated heterocycles. The smallest absolute Gasteiger partial charge is 0.240 e. The van der Waals surface area contributed by atoms with Gasteiger partial charge in [0, 0.05) is 11.3 Å². The molecule has 0 saturated carbocycles. The molecule has 1 aliphatic rings. The average molecular weight is 460 g/mol. The van der Waals surface area contributed by atoms with E-state index in [1.807, 2.05) is 62.4 Å². The Balaban J connectivity index is 1.52. The predicted octanol–water partition coefficient (Wildman–Crippen LogP) is 5.10. The molecule has 5 rings (SSSR count). The van der Waals surface area contributed by atoms with E-state index in [1.165, 1.54) is 23.9 Å². The molecule has 1 aliphatic heterocycles. The first-order chi connectivity index (χ1) is 16.0. The molecule has 33 heavy (non-hydrogen) atoms. The molecule has 1 amide bonds. The lowest BCUT2D eigenvalue weighted by molar-refractivity contribution is -0.116. The maximum atomic E-state index is 13.6. The van der Waals surface area contributed by atoms with Crippen molar-refractivity contribution in [3.8, 4) is 11.4 Å². The number of nitrogens with one attached hydrogen (secondary N) is 2. The third kappa shape index (κ3) is 4.21. The molecule has 8 heteroatoms. The summed E-state index contributed by atoms with van der Waals surface area (Å²) in [4.78, 5) is 13.5. The van der Waals surface area contributed by atoms with Gasteiger partial charge in [-0.05, 0) is 48.7 Å².